The van der Waals surface area contributed by atoms with Crippen molar-refractivity contribution in [2.75, 3.05) is 27.3 Å². The van der Waals surface area contributed by atoms with E-state index < -0.39 is 0 Å². The lowest BCUT2D eigenvalue weighted by Crippen LogP contribution is -2.31. The summed E-state index contributed by atoms with van der Waals surface area (Å²) in [7, 11) is 3.33. The lowest BCUT2D eigenvalue weighted by atomic mass is 10.3. The Morgan fingerprint density at radius 3 is 2.76 bits per heavy atom. The Balaban J connectivity index is 2.65. The number of hydrogen-bond acceptors (Lipinski definition) is 3. The van der Waals surface area contributed by atoms with Crippen LogP contribution < -0.4 is 9.47 Å². The molecule has 0 saturated carbocycles. The molecule has 0 aromatic heterocycles. The number of amides is 1. The predicted molar refractivity (Wildman–Crippen MR) is 69.5 cm³/mol. The van der Waals surface area contributed by atoms with Crippen molar-refractivity contribution in [3.63, 3.8) is 0 Å². The van der Waals surface area contributed by atoms with Gasteiger partial charge in [0.25, 0.3) is 5.91 Å². The number of benzene rings is 1. The number of ether oxygens (including phenoxy) is 2. The number of carbonyl (C=O) groups excluding carboxylic acids is 1. The van der Waals surface area contributed by atoms with E-state index in [1.165, 1.54) is 0 Å². The molecule has 1 rings (SSSR count). The fourth-order valence-electron chi connectivity index (χ4n) is 1.15. The number of likely N-dealkylation sites (N-methyl/N-ethyl adjacent to an activating group) is 1. The first-order valence-corrected chi connectivity index (χ1v) is 6.08. The van der Waals surface area contributed by atoms with E-state index in [2.05, 4.69) is 15.9 Å². The van der Waals surface area contributed by atoms with Gasteiger partial charge >= 0.3 is 0 Å². The Hall–Kier alpha value is -1.23. The van der Waals surface area contributed by atoms with Crippen molar-refractivity contribution >= 4 is 21.8 Å². The lowest BCUT2D eigenvalue weighted by molar-refractivity contribution is -0.131. The van der Waals surface area contributed by atoms with Gasteiger partial charge in [0.1, 0.15) is 11.5 Å². The molecule has 0 radical (unpaired) electrons. The van der Waals surface area contributed by atoms with Crippen LogP contribution in [0.25, 0.3) is 0 Å². The maximum Gasteiger partial charge on any atom is 0.260 e. The second kappa shape index (κ2) is 6.49. The third-order valence-electron chi connectivity index (χ3n) is 2.39. The number of carbonyl (C=O) groups is 1. The molecule has 0 aliphatic carbocycles. The van der Waals surface area contributed by atoms with Crippen LogP contribution in [0.5, 0.6) is 11.5 Å². The summed E-state index contributed by atoms with van der Waals surface area (Å²) in [6.07, 6.45) is 0. The molecule has 0 atom stereocenters. The molecule has 0 aliphatic heterocycles. The van der Waals surface area contributed by atoms with Crippen LogP contribution in [0, 0.1) is 0 Å². The maximum absolute atomic E-state index is 11.6. The van der Waals surface area contributed by atoms with Crippen molar-refractivity contribution in [3.05, 3.63) is 22.7 Å². The fraction of sp³-hybridized carbons (Fsp3) is 0.417. The zero-order chi connectivity index (χ0) is 12.8. The highest BCUT2D eigenvalue weighted by Gasteiger charge is 2.09. The van der Waals surface area contributed by atoms with Gasteiger partial charge < -0.3 is 14.4 Å². The van der Waals surface area contributed by atoms with E-state index in [0.717, 1.165) is 4.47 Å². The molecule has 0 bridgehead atoms. The van der Waals surface area contributed by atoms with E-state index in [9.17, 15) is 4.79 Å². The molecule has 4 nitrogen and oxygen atoms in total. The molecule has 0 N–H and O–H groups in total. The molecule has 1 aromatic rings. The molecule has 0 aliphatic rings. The predicted octanol–water partition coefficient (Wildman–Crippen LogP) is 2.31. The average Bonchev–Trinajstić information content (AvgIpc) is 2.36. The van der Waals surface area contributed by atoms with Gasteiger partial charge in [-0.05, 0) is 35.0 Å². The van der Waals surface area contributed by atoms with Gasteiger partial charge in [-0.15, -0.1) is 0 Å². The number of rotatable bonds is 5. The van der Waals surface area contributed by atoms with Crippen LogP contribution in [-0.4, -0.2) is 38.1 Å². The molecular formula is C12H16BrNO3. The van der Waals surface area contributed by atoms with Crippen LogP contribution in [0.15, 0.2) is 22.7 Å². The van der Waals surface area contributed by atoms with Gasteiger partial charge in [0.15, 0.2) is 6.61 Å². The normalized spacial score (nSPS) is 9.88. The first-order valence-electron chi connectivity index (χ1n) is 5.28. The van der Waals surface area contributed by atoms with E-state index in [1.54, 1.807) is 25.1 Å². The second-order valence-electron chi connectivity index (χ2n) is 3.49. The molecule has 94 valence electrons. The van der Waals surface area contributed by atoms with Crippen molar-refractivity contribution in [3.8, 4) is 11.5 Å². The van der Waals surface area contributed by atoms with E-state index in [0.29, 0.717) is 18.0 Å². The molecular weight excluding hydrogens is 286 g/mol. The number of methoxy groups -OCH3 is 1. The molecule has 0 unspecified atom stereocenters. The summed E-state index contributed by atoms with van der Waals surface area (Å²) in [5.74, 6) is 1.24. The fourth-order valence-corrected chi connectivity index (χ4v) is 1.51. The third-order valence-corrected chi connectivity index (χ3v) is 3.04. The van der Waals surface area contributed by atoms with E-state index in [4.69, 9.17) is 9.47 Å². The Bertz CT molecular complexity index is 395. The van der Waals surface area contributed by atoms with Gasteiger partial charge in [-0.25, -0.2) is 0 Å². The van der Waals surface area contributed by atoms with Gasteiger partial charge in [-0.1, -0.05) is 0 Å². The topological polar surface area (TPSA) is 38.8 Å². The van der Waals surface area contributed by atoms with Crippen LogP contribution in [0.2, 0.25) is 0 Å². The van der Waals surface area contributed by atoms with Gasteiger partial charge in [0, 0.05) is 19.7 Å². The largest absolute Gasteiger partial charge is 0.497 e. The molecule has 0 spiro atoms. The summed E-state index contributed by atoms with van der Waals surface area (Å²) in [6.45, 7) is 2.61. The standard InChI is InChI=1S/C12H16BrNO3/c1-4-14(2)12(15)8-17-11-7-9(16-3)5-6-10(11)13/h5-7H,4,8H2,1-3H3. The van der Waals surface area contributed by atoms with Crippen LogP contribution in [0.4, 0.5) is 0 Å². The first-order chi connectivity index (χ1) is 8.08. The Kier molecular flexibility index (Phi) is 5.28. The minimum atomic E-state index is -0.0535. The van der Waals surface area contributed by atoms with Crippen LogP contribution in [0.1, 0.15) is 6.92 Å². The lowest BCUT2D eigenvalue weighted by Gasteiger charge is -2.15. The maximum atomic E-state index is 11.6. The monoisotopic (exact) mass is 301 g/mol. The van der Waals surface area contributed by atoms with Crippen molar-refractivity contribution < 1.29 is 14.3 Å². The summed E-state index contributed by atoms with van der Waals surface area (Å²) >= 11 is 3.36. The van der Waals surface area contributed by atoms with Gasteiger partial charge in [0.05, 0.1) is 11.6 Å². The molecule has 0 heterocycles. The SMILES string of the molecule is CCN(C)C(=O)COc1cc(OC)ccc1Br. The van der Waals surface area contributed by atoms with Crippen molar-refractivity contribution in [1.82, 2.24) is 4.90 Å². The summed E-state index contributed by atoms with van der Waals surface area (Å²) in [5.41, 5.74) is 0. The molecule has 0 saturated heterocycles. The zero-order valence-corrected chi connectivity index (χ0v) is 11.8. The smallest absolute Gasteiger partial charge is 0.260 e. The number of hydrogen-bond donors (Lipinski definition) is 0. The summed E-state index contributed by atoms with van der Waals surface area (Å²) < 4.78 is 11.3. The molecule has 1 aromatic carbocycles. The van der Waals surface area contributed by atoms with Crippen molar-refractivity contribution in [2.24, 2.45) is 0 Å². The minimum Gasteiger partial charge on any atom is -0.497 e. The summed E-state index contributed by atoms with van der Waals surface area (Å²) in [4.78, 5) is 13.2. The number of halogens is 1. The van der Waals surface area contributed by atoms with Gasteiger partial charge in [-0.3, -0.25) is 4.79 Å². The highest BCUT2D eigenvalue weighted by atomic mass is 79.9. The van der Waals surface area contributed by atoms with Gasteiger partial charge in [0.2, 0.25) is 0 Å². The Morgan fingerprint density at radius 2 is 2.18 bits per heavy atom. The van der Waals surface area contributed by atoms with E-state index >= 15 is 0 Å². The Morgan fingerprint density at radius 1 is 1.47 bits per heavy atom. The zero-order valence-electron chi connectivity index (χ0n) is 10.2. The van der Waals surface area contributed by atoms with Crippen LogP contribution >= 0.6 is 15.9 Å². The minimum absolute atomic E-state index is 0.0239. The molecule has 0 fully saturated rings. The van der Waals surface area contributed by atoms with Gasteiger partial charge in [-0.2, -0.15) is 0 Å². The average molecular weight is 302 g/mol. The van der Waals surface area contributed by atoms with E-state index in [1.807, 2.05) is 19.1 Å². The van der Waals surface area contributed by atoms with Crippen LogP contribution in [-0.2, 0) is 4.79 Å². The number of nitrogens with zero attached hydrogens (tertiary/aromatic N) is 1. The highest BCUT2D eigenvalue weighted by molar-refractivity contribution is 9.10. The Labute approximate surface area is 110 Å². The van der Waals surface area contributed by atoms with E-state index in [-0.39, 0.29) is 12.5 Å². The summed E-state index contributed by atoms with van der Waals surface area (Å²) in [6, 6.07) is 5.38. The quantitative estimate of drug-likeness (QED) is 0.838. The first kappa shape index (κ1) is 13.8. The van der Waals surface area contributed by atoms with Crippen LogP contribution in [0.3, 0.4) is 0 Å². The van der Waals surface area contributed by atoms with Crippen molar-refractivity contribution in [2.45, 2.75) is 6.92 Å². The second-order valence-corrected chi connectivity index (χ2v) is 4.35. The highest BCUT2D eigenvalue weighted by Crippen LogP contribution is 2.29. The summed E-state index contributed by atoms with van der Waals surface area (Å²) in [5, 5.41) is 0. The van der Waals surface area contributed by atoms with Crippen molar-refractivity contribution in [1.29, 1.82) is 0 Å². The third kappa shape index (κ3) is 3.93. The molecule has 5 heteroatoms. The molecule has 17 heavy (non-hydrogen) atoms. The molecule has 1 amide bonds.